The monoisotopic (exact) mass is 466 g/mol. The molecular formula is C22H12ClF5N2O2. The highest BCUT2D eigenvalue weighted by atomic mass is 35.5. The van der Waals surface area contributed by atoms with E-state index in [1.165, 1.54) is 31.4 Å². The van der Waals surface area contributed by atoms with Gasteiger partial charge in [0.05, 0.1) is 34.2 Å². The van der Waals surface area contributed by atoms with Crippen LogP contribution in [0.2, 0.25) is 5.02 Å². The van der Waals surface area contributed by atoms with Gasteiger partial charge in [0.25, 0.3) is 5.91 Å². The van der Waals surface area contributed by atoms with Crippen LogP contribution in [0.15, 0.2) is 54.6 Å². The van der Waals surface area contributed by atoms with Gasteiger partial charge in [-0.25, -0.2) is 8.78 Å². The van der Waals surface area contributed by atoms with Gasteiger partial charge < -0.3 is 4.74 Å². The van der Waals surface area contributed by atoms with Crippen molar-refractivity contribution in [2.45, 2.75) is 6.18 Å². The molecule has 0 aliphatic carbocycles. The topological polar surface area (TPSA) is 44.1 Å². The number of nitrogens with zero attached hydrogens (tertiary/aromatic N) is 2. The zero-order valence-electron chi connectivity index (χ0n) is 16.2. The molecule has 1 heterocycles. The highest BCUT2D eigenvalue weighted by Gasteiger charge is 2.37. The van der Waals surface area contributed by atoms with Gasteiger partial charge in [0.2, 0.25) is 0 Å². The molecule has 0 fully saturated rings. The van der Waals surface area contributed by atoms with Gasteiger partial charge >= 0.3 is 6.18 Å². The van der Waals surface area contributed by atoms with Crippen LogP contribution in [0.5, 0.6) is 5.75 Å². The van der Waals surface area contributed by atoms with Crippen molar-refractivity contribution < 1.29 is 31.5 Å². The Bertz CT molecular complexity index is 1360. The molecule has 4 aromatic rings. The molecule has 0 atom stereocenters. The van der Waals surface area contributed by atoms with Crippen LogP contribution < -0.4 is 4.74 Å². The minimum absolute atomic E-state index is 0.153. The second kappa shape index (κ2) is 7.90. The Morgan fingerprint density at radius 1 is 1.03 bits per heavy atom. The van der Waals surface area contributed by atoms with Crippen molar-refractivity contribution in [2.24, 2.45) is 0 Å². The zero-order valence-corrected chi connectivity index (χ0v) is 16.9. The molecule has 1 aromatic heterocycles. The number of carbonyl (C=O) groups is 1. The molecule has 4 rings (SSSR count). The van der Waals surface area contributed by atoms with Crippen LogP contribution >= 0.6 is 11.6 Å². The highest BCUT2D eigenvalue weighted by Crippen LogP contribution is 2.38. The lowest BCUT2D eigenvalue weighted by Crippen LogP contribution is -2.20. The first-order valence-corrected chi connectivity index (χ1v) is 9.43. The van der Waals surface area contributed by atoms with Crippen molar-refractivity contribution in [3.63, 3.8) is 0 Å². The number of fused-ring (bicyclic) bond motifs is 1. The van der Waals surface area contributed by atoms with Gasteiger partial charge in [-0.15, -0.1) is 0 Å². The number of hydrogen-bond acceptors (Lipinski definition) is 3. The van der Waals surface area contributed by atoms with Crippen LogP contribution in [-0.4, -0.2) is 22.8 Å². The molecule has 32 heavy (non-hydrogen) atoms. The maximum absolute atomic E-state index is 14.7. The third-order valence-corrected chi connectivity index (χ3v) is 5.13. The Labute approximate surface area is 182 Å². The van der Waals surface area contributed by atoms with Gasteiger partial charge in [-0.2, -0.15) is 23.0 Å². The molecule has 3 aromatic carbocycles. The summed E-state index contributed by atoms with van der Waals surface area (Å²) in [6, 6.07) is 10.1. The van der Waals surface area contributed by atoms with E-state index >= 15 is 0 Å². The Hall–Kier alpha value is -3.46. The highest BCUT2D eigenvalue weighted by molar-refractivity contribution is 6.34. The fourth-order valence-electron chi connectivity index (χ4n) is 3.37. The lowest BCUT2D eigenvalue weighted by molar-refractivity contribution is -0.137. The van der Waals surface area contributed by atoms with E-state index in [0.29, 0.717) is 10.7 Å². The third kappa shape index (κ3) is 3.58. The van der Waals surface area contributed by atoms with Crippen LogP contribution in [0, 0.1) is 11.6 Å². The summed E-state index contributed by atoms with van der Waals surface area (Å²) in [6.45, 7) is 0. The number of carbonyl (C=O) groups excluding carboxylic acids is 1. The predicted octanol–water partition coefficient (Wildman–Crippen LogP) is 6.35. The molecule has 0 aliphatic heterocycles. The Balaban J connectivity index is 2.02. The van der Waals surface area contributed by atoms with E-state index < -0.39 is 39.9 Å². The first-order valence-electron chi connectivity index (χ1n) is 9.05. The number of methoxy groups -OCH3 is 1. The van der Waals surface area contributed by atoms with Crippen LogP contribution in [0.4, 0.5) is 22.0 Å². The van der Waals surface area contributed by atoms with Gasteiger partial charge in [-0.3, -0.25) is 4.79 Å². The van der Waals surface area contributed by atoms with Crippen molar-refractivity contribution >= 4 is 28.4 Å². The molecule has 4 nitrogen and oxygen atoms in total. The van der Waals surface area contributed by atoms with Gasteiger partial charge in [-0.05, 0) is 42.5 Å². The molecule has 0 aliphatic rings. The number of aromatic nitrogens is 2. The number of halogens is 6. The quantitative estimate of drug-likeness (QED) is 0.330. The predicted molar refractivity (Wildman–Crippen MR) is 108 cm³/mol. The van der Waals surface area contributed by atoms with Crippen molar-refractivity contribution in [1.29, 1.82) is 0 Å². The zero-order chi connectivity index (χ0) is 23.2. The van der Waals surface area contributed by atoms with Gasteiger partial charge in [0, 0.05) is 5.56 Å². The first kappa shape index (κ1) is 21.8. The molecule has 0 saturated carbocycles. The summed E-state index contributed by atoms with van der Waals surface area (Å²) in [5.41, 5.74) is -2.75. The fraction of sp³-hybridized carbons (Fsp3) is 0.0909. The number of ether oxygens (including phenoxy) is 1. The van der Waals surface area contributed by atoms with E-state index in [1.807, 2.05) is 0 Å². The van der Waals surface area contributed by atoms with E-state index in [-0.39, 0.29) is 27.9 Å². The maximum atomic E-state index is 14.7. The molecule has 164 valence electrons. The summed E-state index contributed by atoms with van der Waals surface area (Å²) in [6.07, 6.45) is -4.88. The maximum Gasteiger partial charge on any atom is 0.417 e. The normalized spacial score (nSPS) is 11.7. The van der Waals surface area contributed by atoms with Gasteiger partial charge in [0.1, 0.15) is 23.1 Å². The summed E-state index contributed by atoms with van der Waals surface area (Å²) in [7, 11) is 1.34. The van der Waals surface area contributed by atoms with E-state index in [1.54, 1.807) is 0 Å². The molecule has 0 bridgehead atoms. The van der Waals surface area contributed by atoms with Crippen molar-refractivity contribution in [1.82, 2.24) is 9.78 Å². The summed E-state index contributed by atoms with van der Waals surface area (Å²) in [4.78, 5) is 13.2. The molecular weight excluding hydrogens is 455 g/mol. The average molecular weight is 467 g/mol. The second-order valence-corrected chi connectivity index (χ2v) is 7.11. The van der Waals surface area contributed by atoms with Gasteiger partial charge in [-0.1, -0.05) is 23.7 Å². The lowest BCUT2D eigenvalue weighted by Gasteiger charge is -2.13. The summed E-state index contributed by atoms with van der Waals surface area (Å²) < 4.78 is 75.6. The lowest BCUT2D eigenvalue weighted by atomic mass is 10.1. The van der Waals surface area contributed by atoms with Crippen LogP contribution in [0.3, 0.4) is 0 Å². The van der Waals surface area contributed by atoms with Crippen molar-refractivity contribution in [3.05, 3.63) is 82.4 Å². The standard InChI is InChI=1S/C22H12ClF5N2O2/c1-32-11-8-9-15(24)12(10-11)20-19-16(25)6-3-7-17(19)30(29-20)21(31)18-13(22(26,27)28)4-2-5-14(18)23/h2-10H,1H3. The smallest absolute Gasteiger partial charge is 0.417 e. The molecule has 0 N–H and O–H groups in total. The molecule has 0 spiro atoms. The Morgan fingerprint density at radius 2 is 1.75 bits per heavy atom. The number of hydrogen-bond donors (Lipinski definition) is 0. The SMILES string of the molecule is COc1ccc(F)c(-c2nn(C(=O)c3c(Cl)cccc3C(F)(F)F)c3cccc(F)c23)c1. The number of rotatable bonds is 3. The Kier molecular flexibility index (Phi) is 5.37. The molecule has 0 amide bonds. The molecule has 0 radical (unpaired) electrons. The fourth-order valence-corrected chi connectivity index (χ4v) is 3.62. The summed E-state index contributed by atoms with van der Waals surface area (Å²) >= 11 is 5.94. The van der Waals surface area contributed by atoms with Crippen LogP contribution in [-0.2, 0) is 6.18 Å². The minimum Gasteiger partial charge on any atom is -0.497 e. The Morgan fingerprint density at radius 3 is 2.44 bits per heavy atom. The average Bonchev–Trinajstić information content (AvgIpc) is 3.13. The van der Waals surface area contributed by atoms with E-state index in [9.17, 15) is 26.7 Å². The van der Waals surface area contributed by atoms with Crippen molar-refractivity contribution in [3.8, 4) is 17.0 Å². The third-order valence-electron chi connectivity index (χ3n) is 4.81. The van der Waals surface area contributed by atoms with E-state index in [2.05, 4.69) is 5.10 Å². The van der Waals surface area contributed by atoms with Crippen LogP contribution in [0.1, 0.15) is 15.9 Å². The molecule has 0 saturated heterocycles. The number of alkyl halides is 3. The minimum atomic E-state index is -4.88. The van der Waals surface area contributed by atoms with E-state index in [4.69, 9.17) is 16.3 Å². The number of benzene rings is 3. The van der Waals surface area contributed by atoms with Gasteiger partial charge in [0.15, 0.2) is 0 Å². The molecule has 10 heteroatoms. The second-order valence-electron chi connectivity index (χ2n) is 6.71. The largest absolute Gasteiger partial charge is 0.497 e. The van der Waals surface area contributed by atoms with E-state index in [0.717, 1.165) is 24.3 Å². The van der Waals surface area contributed by atoms with Crippen molar-refractivity contribution in [2.75, 3.05) is 7.11 Å². The summed E-state index contributed by atoms with van der Waals surface area (Å²) in [5, 5.41) is 3.30. The summed E-state index contributed by atoms with van der Waals surface area (Å²) in [5.74, 6) is -2.64. The first-order chi connectivity index (χ1) is 15.1. The molecule has 0 unspecified atom stereocenters. The van der Waals surface area contributed by atoms with Crippen LogP contribution in [0.25, 0.3) is 22.2 Å².